The minimum atomic E-state index is -0.0853. The van der Waals surface area contributed by atoms with Gasteiger partial charge in [0.25, 0.3) is 5.56 Å². The maximum atomic E-state index is 12.6. The number of nitrogens with one attached hydrogen (secondary N) is 2. The van der Waals surface area contributed by atoms with Crippen molar-refractivity contribution in [3.05, 3.63) is 45.9 Å². The summed E-state index contributed by atoms with van der Waals surface area (Å²) in [6.45, 7) is 5.55. The molecule has 1 aliphatic rings. The Morgan fingerprint density at radius 3 is 2.81 bits per heavy atom. The molecule has 0 unspecified atom stereocenters. The molecule has 136 valence electrons. The Balaban J connectivity index is 2.04. The van der Waals surface area contributed by atoms with Crippen molar-refractivity contribution in [3.63, 3.8) is 0 Å². The number of benzene rings is 1. The minimum Gasteiger partial charge on any atom is -0.388 e. The maximum Gasteiger partial charge on any atom is 0.259 e. The Morgan fingerprint density at radius 2 is 2.12 bits per heavy atom. The number of aromatic amines is 1. The Bertz CT molecular complexity index is 1060. The second kappa shape index (κ2) is 6.61. The number of hydrogen-bond acceptors (Lipinski definition) is 4. The van der Waals surface area contributed by atoms with Crippen LogP contribution in [0.15, 0.2) is 29.2 Å². The van der Waals surface area contributed by atoms with E-state index in [1.165, 1.54) is 0 Å². The van der Waals surface area contributed by atoms with Crippen molar-refractivity contribution in [1.29, 1.82) is 0 Å². The molecule has 6 heteroatoms. The number of aryl methyl sites for hydroxylation is 1. The van der Waals surface area contributed by atoms with Crippen LogP contribution in [-0.2, 0) is 4.74 Å². The first-order valence-electron chi connectivity index (χ1n) is 9.10. The zero-order chi connectivity index (χ0) is 18.3. The number of pyridine rings is 1. The summed E-state index contributed by atoms with van der Waals surface area (Å²) in [5, 5.41) is 9.50. The van der Waals surface area contributed by atoms with Crippen LogP contribution in [0.5, 0.6) is 0 Å². The van der Waals surface area contributed by atoms with E-state index < -0.39 is 0 Å². The van der Waals surface area contributed by atoms with Crippen molar-refractivity contribution in [1.82, 2.24) is 20.1 Å². The molecule has 0 spiro atoms. The molecule has 0 bridgehead atoms. The lowest BCUT2D eigenvalue weighted by atomic mass is 10.0. The molecule has 2 aromatic heterocycles. The fraction of sp³-hybridized carbons (Fsp3) is 0.400. The van der Waals surface area contributed by atoms with Crippen LogP contribution in [0.4, 0.5) is 0 Å². The fourth-order valence-electron chi connectivity index (χ4n) is 3.93. The van der Waals surface area contributed by atoms with Gasteiger partial charge in [-0.25, -0.2) is 0 Å². The van der Waals surface area contributed by atoms with E-state index in [4.69, 9.17) is 4.74 Å². The van der Waals surface area contributed by atoms with E-state index in [0.29, 0.717) is 5.39 Å². The van der Waals surface area contributed by atoms with Gasteiger partial charge in [0.2, 0.25) is 0 Å². The van der Waals surface area contributed by atoms with E-state index in [9.17, 15) is 4.79 Å². The quantitative estimate of drug-likeness (QED) is 0.760. The van der Waals surface area contributed by atoms with Crippen molar-refractivity contribution in [2.45, 2.75) is 32.7 Å². The Kier molecular flexibility index (Phi) is 4.28. The Hall–Kier alpha value is -2.60. The van der Waals surface area contributed by atoms with Crippen LogP contribution in [0.3, 0.4) is 0 Å². The van der Waals surface area contributed by atoms with Crippen molar-refractivity contribution < 1.29 is 4.74 Å². The van der Waals surface area contributed by atoms with Crippen LogP contribution in [0.2, 0.25) is 0 Å². The molecular weight excluding hydrogens is 328 g/mol. The topological polar surface area (TPSA) is 71.9 Å². The van der Waals surface area contributed by atoms with Gasteiger partial charge in [-0.2, -0.15) is 5.10 Å². The highest BCUT2D eigenvalue weighted by atomic mass is 16.5. The van der Waals surface area contributed by atoms with E-state index >= 15 is 0 Å². The minimum absolute atomic E-state index is 0.0853. The summed E-state index contributed by atoms with van der Waals surface area (Å²) in [4.78, 5) is 15.6. The monoisotopic (exact) mass is 352 g/mol. The lowest BCUT2D eigenvalue weighted by Crippen LogP contribution is -2.20. The smallest absolute Gasteiger partial charge is 0.259 e. The van der Waals surface area contributed by atoms with Gasteiger partial charge in [0.15, 0.2) is 0 Å². The van der Waals surface area contributed by atoms with Crippen LogP contribution < -0.4 is 10.9 Å². The molecule has 0 saturated carbocycles. The molecule has 0 aliphatic carbocycles. The summed E-state index contributed by atoms with van der Waals surface area (Å²) >= 11 is 0. The fourth-order valence-corrected chi connectivity index (χ4v) is 3.93. The SMILES string of the molecule is CC=C(NC)c1cc2c(cc1C)[nH]c(=O)c1cnn(C3CCOCC3)c12. The van der Waals surface area contributed by atoms with Gasteiger partial charge in [-0.1, -0.05) is 6.08 Å². The van der Waals surface area contributed by atoms with Gasteiger partial charge in [-0.15, -0.1) is 0 Å². The zero-order valence-electron chi connectivity index (χ0n) is 15.4. The van der Waals surface area contributed by atoms with E-state index in [0.717, 1.165) is 59.3 Å². The summed E-state index contributed by atoms with van der Waals surface area (Å²) < 4.78 is 7.52. The van der Waals surface area contributed by atoms with E-state index in [2.05, 4.69) is 34.5 Å². The molecule has 3 aromatic rings. The summed E-state index contributed by atoms with van der Waals surface area (Å²) in [5.41, 5.74) is 5.01. The van der Waals surface area contributed by atoms with Gasteiger partial charge in [-0.05, 0) is 44.4 Å². The van der Waals surface area contributed by atoms with Gasteiger partial charge < -0.3 is 15.0 Å². The van der Waals surface area contributed by atoms with Gasteiger partial charge >= 0.3 is 0 Å². The molecule has 1 aromatic carbocycles. The molecule has 4 rings (SSSR count). The number of nitrogens with zero attached hydrogens (tertiary/aromatic N) is 2. The van der Waals surface area contributed by atoms with Crippen molar-refractivity contribution in [2.24, 2.45) is 0 Å². The zero-order valence-corrected chi connectivity index (χ0v) is 15.4. The average molecular weight is 352 g/mol. The normalized spacial score (nSPS) is 16.5. The Morgan fingerprint density at radius 1 is 1.35 bits per heavy atom. The van der Waals surface area contributed by atoms with Gasteiger partial charge in [0.1, 0.15) is 0 Å². The lowest BCUT2D eigenvalue weighted by Gasteiger charge is -2.23. The summed E-state index contributed by atoms with van der Waals surface area (Å²) in [7, 11) is 1.92. The molecule has 2 N–H and O–H groups in total. The molecule has 0 atom stereocenters. The van der Waals surface area contributed by atoms with E-state index in [1.54, 1.807) is 6.20 Å². The molecule has 1 saturated heterocycles. The number of aromatic nitrogens is 3. The lowest BCUT2D eigenvalue weighted by molar-refractivity contribution is 0.0675. The van der Waals surface area contributed by atoms with Crippen LogP contribution in [0, 0.1) is 6.92 Å². The third kappa shape index (κ3) is 2.61. The number of fused-ring (bicyclic) bond motifs is 3. The summed E-state index contributed by atoms with van der Waals surface area (Å²) in [6, 6.07) is 4.47. The number of hydrogen-bond donors (Lipinski definition) is 2. The largest absolute Gasteiger partial charge is 0.388 e. The highest BCUT2D eigenvalue weighted by Gasteiger charge is 2.21. The molecule has 1 aliphatic heterocycles. The number of allylic oxidation sites excluding steroid dienone is 1. The molecule has 3 heterocycles. The third-order valence-corrected chi connectivity index (χ3v) is 5.29. The molecule has 26 heavy (non-hydrogen) atoms. The first kappa shape index (κ1) is 16.8. The summed E-state index contributed by atoms with van der Waals surface area (Å²) in [5.74, 6) is 0. The van der Waals surface area contributed by atoms with E-state index in [1.807, 2.05) is 24.7 Å². The molecule has 0 amide bonds. The maximum absolute atomic E-state index is 12.6. The van der Waals surface area contributed by atoms with Crippen molar-refractivity contribution in [3.8, 4) is 0 Å². The number of ether oxygens (including phenoxy) is 1. The summed E-state index contributed by atoms with van der Waals surface area (Å²) in [6.07, 6.45) is 5.59. The van der Waals surface area contributed by atoms with Crippen LogP contribution in [-0.4, -0.2) is 35.0 Å². The van der Waals surface area contributed by atoms with E-state index in [-0.39, 0.29) is 11.6 Å². The molecule has 6 nitrogen and oxygen atoms in total. The highest BCUT2D eigenvalue weighted by Crippen LogP contribution is 2.31. The van der Waals surface area contributed by atoms with Crippen molar-refractivity contribution >= 4 is 27.5 Å². The number of H-pyrrole nitrogens is 1. The van der Waals surface area contributed by atoms with Crippen LogP contribution in [0.1, 0.15) is 36.9 Å². The number of rotatable bonds is 3. The van der Waals surface area contributed by atoms with Gasteiger partial charge in [0, 0.05) is 36.9 Å². The highest BCUT2D eigenvalue weighted by molar-refractivity contribution is 6.04. The standard InChI is InChI=1S/C20H24N4O2/c1-4-17(21-3)14-10-15-18(9-12(14)2)23-20(25)16-11-22-24(19(15)16)13-5-7-26-8-6-13/h4,9-11,13,21H,5-8H2,1-3H3,(H,23,25). The average Bonchev–Trinajstić information content (AvgIpc) is 3.10. The third-order valence-electron chi connectivity index (χ3n) is 5.29. The Labute approximate surface area is 151 Å². The van der Waals surface area contributed by atoms with Crippen LogP contribution >= 0.6 is 0 Å². The van der Waals surface area contributed by atoms with Crippen LogP contribution in [0.25, 0.3) is 27.5 Å². The second-order valence-electron chi connectivity index (χ2n) is 6.81. The first-order valence-corrected chi connectivity index (χ1v) is 9.10. The molecular formula is C20H24N4O2. The van der Waals surface area contributed by atoms with Gasteiger partial charge in [0.05, 0.1) is 28.7 Å². The van der Waals surface area contributed by atoms with Crippen molar-refractivity contribution in [2.75, 3.05) is 20.3 Å². The predicted octanol–water partition coefficient (Wildman–Crippen LogP) is 3.12. The molecule has 0 radical (unpaired) electrons. The first-order chi connectivity index (χ1) is 12.6. The predicted molar refractivity (Wildman–Crippen MR) is 104 cm³/mol. The second-order valence-corrected chi connectivity index (χ2v) is 6.81. The molecule has 1 fully saturated rings. The van der Waals surface area contributed by atoms with Gasteiger partial charge in [-0.3, -0.25) is 9.48 Å².